The van der Waals surface area contributed by atoms with Crippen molar-refractivity contribution in [1.29, 1.82) is 5.26 Å². The second-order valence-electron chi connectivity index (χ2n) is 13.7. The molecule has 306 valence electrons. The highest BCUT2D eigenvalue weighted by molar-refractivity contribution is 6.12. The average molecular weight is 850 g/mol. The second-order valence-corrected chi connectivity index (χ2v) is 13.7. The first-order chi connectivity index (χ1) is 27.9. The normalized spacial score (nSPS) is 13.2. The molecule has 0 saturated heterocycles. The van der Waals surface area contributed by atoms with E-state index in [4.69, 9.17) is 0 Å². The van der Waals surface area contributed by atoms with E-state index >= 15 is 0 Å². The smallest absolute Gasteiger partial charge is 0.309 e. The lowest BCUT2D eigenvalue weighted by atomic mass is 9.97. The predicted octanol–water partition coefficient (Wildman–Crippen LogP) is 14.5. The molecule has 2 aromatic heterocycles. The molecular weight excluding hydrogens is 831 g/mol. The van der Waals surface area contributed by atoms with E-state index in [1.165, 1.54) is 6.07 Å². The largest absolute Gasteiger partial charge is 0.416 e. The van der Waals surface area contributed by atoms with Crippen molar-refractivity contribution < 1.29 is 65.9 Å². The van der Waals surface area contributed by atoms with Gasteiger partial charge >= 0.3 is 30.9 Å². The molecule has 0 saturated carbocycles. The maximum absolute atomic E-state index is 14.1. The maximum Gasteiger partial charge on any atom is 0.416 e. The molecule has 0 N–H and O–H groups in total. The molecule has 0 aliphatic rings. The maximum atomic E-state index is 14.1. The first-order valence-electron chi connectivity index (χ1n) is 17.1. The summed E-state index contributed by atoms with van der Waals surface area (Å²) in [5.74, 6) is 0. The van der Waals surface area contributed by atoms with Crippen LogP contribution < -0.4 is 0 Å². The zero-order valence-electron chi connectivity index (χ0n) is 29.4. The quantitative estimate of drug-likeness (QED) is 0.163. The van der Waals surface area contributed by atoms with Crippen LogP contribution in [0, 0.1) is 11.3 Å². The third kappa shape index (κ3) is 6.71. The lowest BCUT2D eigenvalue weighted by molar-refractivity contribution is -0.138. The highest BCUT2D eigenvalue weighted by atomic mass is 19.4. The Kier molecular flexibility index (Phi) is 8.82. The van der Waals surface area contributed by atoms with Crippen LogP contribution in [0.2, 0.25) is 0 Å². The van der Waals surface area contributed by atoms with Crippen LogP contribution in [-0.2, 0) is 30.9 Å². The number of nitrogens with zero attached hydrogens (tertiary/aromatic N) is 3. The van der Waals surface area contributed by atoms with Gasteiger partial charge in [-0.1, -0.05) is 12.1 Å². The van der Waals surface area contributed by atoms with Gasteiger partial charge in [0.05, 0.1) is 66.8 Å². The molecule has 0 spiro atoms. The predicted molar refractivity (Wildman–Crippen MR) is 190 cm³/mol. The lowest BCUT2D eigenvalue weighted by Gasteiger charge is -2.20. The van der Waals surface area contributed by atoms with Gasteiger partial charge in [-0.25, -0.2) is 0 Å². The number of benzene rings is 6. The van der Waals surface area contributed by atoms with Crippen molar-refractivity contribution in [2.45, 2.75) is 30.9 Å². The number of hydrogen-bond donors (Lipinski definition) is 0. The molecule has 8 aromatic rings. The average Bonchev–Trinajstić information content (AvgIpc) is 3.67. The first kappa shape index (κ1) is 40.2. The van der Waals surface area contributed by atoms with Crippen LogP contribution in [0.5, 0.6) is 0 Å². The minimum Gasteiger partial charge on any atom is -0.309 e. The topological polar surface area (TPSA) is 33.6 Å². The van der Waals surface area contributed by atoms with Gasteiger partial charge in [0.1, 0.15) is 6.07 Å². The Labute approximate surface area is 325 Å². The fraction of sp³-hybridized carbons (Fsp3) is 0.119. The van der Waals surface area contributed by atoms with Crippen molar-refractivity contribution >= 4 is 43.6 Å². The van der Waals surface area contributed by atoms with Gasteiger partial charge in [-0.2, -0.15) is 71.1 Å². The molecule has 0 aliphatic carbocycles. The fourth-order valence-corrected chi connectivity index (χ4v) is 7.40. The summed E-state index contributed by atoms with van der Waals surface area (Å²) in [6.45, 7) is 0. The summed E-state index contributed by atoms with van der Waals surface area (Å²) in [6.07, 6.45) is -24.8. The summed E-state index contributed by atoms with van der Waals surface area (Å²) in [5.41, 5.74) is -8.16. The Hall–Kier alpha value is -6.64. The molecule has 60 heavy (non-hydrogen) atoms. The lowest BCUT2D eigenvalue weighted by Crippen LogP contribution is -2.07. The number of nitriles is 1. The molecule has 0 atom stereocenters. The van der Waals surface area contributed by atoms with Crippen molar-refractivity contribution in [3.05, 3.63) is 143 Å². The Bertz CT molecular complexity index is 2950. The van der Waals surface area contributed by atoms with Gasteiger partial charge < -0.3 is 9.13 Å². The monoisotopic (exact) mass is 849 g/mol. The molecule has 0 amide bonds. The Morgan fingerprint density at radius 3 is 1.03 bits per heavy atom. The molecule has 3 nitrogen and oxygen atoms in total. The molecule has 8 rings (SSSR count). The minimum absolute atomic E-state index is 0.159. The number of rotatable bonds is 3. The molecule has 0 radical (unpaired) electrons. The molecule has 0 unspecified atom stereocenters. The van der Waals surface area contributed by atoms with Crippen LogP contribution >= 0.6 is 0 Å². The van der Waals surface area contributed by atoms with Crippen molar-refractivity contribution in [1.82, 2.24) is 9.13 Å². The third-order valence-corrected chi connectivity index (χ3v) is 10.1. The number of aromatic nitrogens is 2. The minimum atomic E-state index is -4.97. The molecule has 18 heteroatoms. The van der Waals surface area contributed by atoms with Gasteiger partial charge in [0.25, 0.3) is 0 Å². The second kappa shape index (κ2) is 13.2. The zero-order valence-corrected chi connectivity index (χ0v) is 29.4. The van der Waals surface area contributed by atoms with Gasteiger partial charge in [0.2, 0.25) is 0 Å². The van der Waals surface area contributed by atoms with E-state index in [9.17, 15) is 71.1 Å². The molecule has 6 aromatic carbocycles. The first-order valence-corrected chi connectivity index (χ1v) is 17.1. The van der Waals surface area contributed by atoms with E-state index in [-0.39, 0.29) is 66.1 Å². The summed E-state index contributed by atoms with van der Waals surface area (Å²) in [5, 5.41) is 9.21. The number of hydrogen-bond acceptors (Lipinski definition) is 1. The van der Waals surface area contributed by atoms with E-state index in [0.29, 0.717) is 54.6 Å². The van der Waals surface area contributed by atoms with Crippen LogP contribution in [0.25, 0.3) is 66.1 Å². The van der Waals surface area contributed by atoms with Crippen LogP contribution in [0.3, 0.4) is 0 Å². The molecular formula is C42H18F15N3. The Morgan fingerprint density at radius 2 is 0.700 bits per heavy atom. The van der Waals surface area contributed by atoms with E-state index in [1.54, 1.807) is 0 Å². The highest BCUT2D eigenvalue weighted by Gasteiger charge is 2.36. The summed E-state index contributed by atoms with van der Waals surface area (Å²) in [4.78, 5) is 0. The van der Waals surface area contributed by atoms with Crippen LogP contribution in [0.1, 0.15) is 33.4 Å². The van der Waals surface area contributed by atoms with Gasteiger partial charge in [-0.05, 0) is 103 Å². The highest BCUT2D eigenvalue weighted by Crippen LogP contribution is 2.45. The van der Waals surface area contributed by atoms with Gasteiger partial charge in [0.15, 0.2) is 0 Å². The molecule has 0 aliphatic heterocycles. The van der Waals surface area contributed by atoms with Crippen molar-refractivity contribution in [3.63, 3.8) is 0 Å². The van der Waals surface area contributed by atoms with Gasteiger partial charge in [-0.15, -0.1) is 0 Å². The van der Waals surface area contributed by atoms with Crippen molar-refractivity contribution in [2.24, 2.45) is 0 Å². The Balaban J connectivity index is 1.53. The molecule has 0 bridgehead atoms. The number of halogens is 15. The summed E-state index contributed by atoms with van der Waals surface area (Å²) in [7, 11) is 0. The van der Waals surface area contributed by atoms with E-state index < -0.39 is 64.3 Å². The number of alkyl halides is 15. The van der Waals surface area contributed by atoms with Crippen LogP contribution in [0.15, 0.2) is 109 Å². The Morgan fingerprint density at radius 1 is 0.367 bits per heavy atom. The summed E-state index contributed by atoms with van der Waals surface area (Å²) >= 11 is 0. The summed E-state index contributed by atoms with van der Waals surface area (Å²) < 4.78 is 212. The third-order valence-electron chi connectivity index (χ3n) is 10.1. The van der Waals surface area contributed by atoms with Crippen LogP contribution in [-0.4, -0.2) is 9.13 Å². The van der Waals surface area contributed by atoms with Gasteiger partial charge in [0, 0.05) is 27.1 Å². The SMILES string of the molecule is N#Cc1cc(-n2c3ccc(C(F)(F)F)cc3c3cc(C(F)(F)F)ccc32)c(-c2cccc(C(F)(F)F)c2)cc1-n1c2ccc(C(F)(F)F)cc2c2cc(C(F)(F)F)ccc21. The van der Waals surface area contributed by atoms with Crippen molar-refractivity contribution in [3.8, 4) is 28.6 Å². The zero-order chi connectivity index (χ0) is 43.5. The van der Waals surface area contributed by atoms with Crippen LogP contribution in [0.4, 0.5) is 65.9 Å². The van der Waals surface area contributed by atoms with Crippen molar-refractivity contribution in [2.75, 3.05) is 0 Å². The number of fused-ring (bicyclic) bond motifs is 6. The summed E-state index contributed by atoms with van der Waals surface area (Å²) in [6, 6.07) is 16.4. The molecule has 2 heterocycles. The van der Waals surface area contributed by atoms with Gasteiger partial charge in [-0.3, -0.25) is 0 Å². The van der Waals surface area contributed by atoms with E-state index in [0.717, 1.165) is 57.7 Å². The fourth-order valence-electron chi connectivity index (χ4n) is 7.40. The van der Waals surface area contributed by atoms with E-state index in [2.05, 4.69) is 0 Å². The standard InChI is InChI=1S/C42H18F15N3/c43-38(44,45)22-3-1-2-20(12-22)27-18-36(59-32-8-4-23(39(46,47)48)14-28(32)29-15-24(40(49,50)51)5-9-33(29)59)21(19-58)13-37(27)60-34-10-6-25(41(52,53)54)16-30(34)31-17-26(42(55,56)57)7-11-35(31)60/h1-18H. The van der Waals surface area contributed by atoms with E-state index in [1.807, 2.05) is 6.07 Å². The molecule has 0 fully saturated rings.